The Morgan fingerprint density at radius 3 is 2.82 bits per heavy atom. The van der Waals surface area contributed by atoms with Crippen LogP contribution >= 0.6 is 0 Å². The van der Waals surface area contributed by atoms with Gasteiger partial charge in [-0.1, -0.05) is 0 Å². The van der Waals surface area contributed by atoms with E-state index < -0.39 is 10.0 Å². The quantitative estimate of drug-likeness (QED) is 0.891. The third-order valence-corrected chi connectivity index (χ3v) is 5.04. The van der Waals surface area contributed by atoms with Crippen LogP contribution < -0.4 is 10.0 Å². The minimum Gasteiger partial charge on any atom is -0.312 e. The molecule has 0 saturated carbocycles. The van der Waals surface area contributed by atoms with E-state index in [0.29, 0.717) is 6.54 Å². The van der Waals surface area contributed by atoms with Crippen molar-refractivity contribution in [2.75, 3.05) is 17.2 Å². The van der Waals surface area contributed by atoms with Gasteiger partial charge in [0.05, 0.1) is 11.3 Å². The number of primary sulfonamides is 1. The van der Waals surface area contributed by atoms with Crippen LogP contribution in [-0.4, -0.2) is 36.4 Å². The summed E-state index contributed by atoms with van der Waals surface area (Å²) in [5.41, 5.74) is 2.62. The van der Waals surface area contributed by atoms with Crippen LogP contribution in [0.3, 0.4) is 0 Å². The number of hydrogen-bond donors (Lipinski definition) is 1. The number of fused-ring (bicyclic) bond motifs is 1. The Kier molecular flexibility index (Phi) is 3.45. The second-order valence-corrected chi connectivity index (χ2v) is 7.47. The zero-order valence-corrected chi connectivity index (χ0v) is 13.3. The van der Waals surface area contributed by atoms with Gasteiger partial charge in [0.1, 0.15) is 0 Å². The molecule has 22 heavy (non-hydrogen) atoms. The molecule has 1 unspecified atom stereocenters. The molecule has 2 heterocycles. The molecule has 2 aromatic rings. The Hall–Kier alpha value is -1.93. The SMILES string of the molecule is Cc1c2ccc(N3CC(CS(N)(=O)=O)CC3=O)cc2nn1C. The van der Waals surface area contributed by atoms with Gasteiger partial charge in [0.15, 0.2) is 0 Å². The third kappa shape index (κ3) is 2.71. The number of nitrogens with two attached hydrogens (primary N) is 1. The Bertz CT molecular complexity index is 856. The molecule has 0 aliphatic carbocycles. The monoisotopic (exact) mass is 322 g/mol. The number of benzene rings is 1. The number of carbonyl (C=O) groups excluding carboxylic acids is 1. The molecule has 0 radical (unpaired) electrons. The first-order chi connectivity index (χ1) is 10.2. The fraction of sp³-hybridized carbons (Fsp3) is 0.429. The van der Waals surface area contributed by atoms with Gasteiger partial charge in [0, 0.05) is 42.7 Å². The molecule has 7 nitrogen and oxygen atoms in total. The number of sulfonamides is 1. The van der Waals surface area contributed by atoms with Gasteiger partial charge in [0.25, 0.3) is 0 Å². The molecular weight excluding hydrogens is 304 g/mol. The summed E-state index contributed by atoms with van der Waals surface area (Å²) in [6.45, 7) is 2.35. The average Bonchev–Trinajstić information content (AvgIpc) is 2.88. The first-order valence-corrected chi connectivity index (χ1v) is 8.70. The van der Waals surface area contributed by atoms with Crippen LogP contribution in [0.4, 0.5) is 5.69 Å². The van der Waals surface area contributed by atoms with Gasteiger partial charge >= 0.3 is 0 Å². The lowest BCUT2D eigenvalue weighted by atomic mass is 10.1. The maximum atomic E-state index is 12.1. The number of anilines is 1. The third-order valence-electron chi connectivity index (χ3n) is 4.10. The molecule has 1 amide bonds. The molecule has 8 heteroatoms. The van der Waals surface area contributed by atoms with E-state index >= 15 is 0 Å². The predicted octanol–water partition coefficient (Wildman–Crippen LogP) is 0.523. The van der Waals surface area contributed by atoms with Crippen molar-refractivity contribution >= 4 is 32.5 Å². The normalized spacial score (nSPS) is 19.3. The van der Waals surface area contributed by atoms with Gasteiger partial charge in [-0.25, -0.2) is 13.6 Å². The van der Waals surface area contributed by atoms with E-state index in [1.54, 1.807) is 9.58 Å². The smallest absolute Gasteiger partial charge is 0.227 e. The number of amides is 1. The summed E-state index contributed by atoms with van der Waals surface area (Å²) < 4.78 is 24.2. The van der Waals surface area contributed by atoms with Crippen molar-refractivity contribution in [1.29, 1.82) is 0 Å². The Balaban J connectivity index is 1.89. The van der Waals surface area contributed by atoms with Gasteiger partial charge in [-0.2, -0.15) is 5.10 Å². The van der Waals surface area contributed by atoms with Gasteiger partial charge in [0.2, 0.25) is 15.9 Å². The van der Waals surface area contributed by atoms with Crippen LogP contribution in [0.25, 0.3) is 10.9 Å². The van der Waals surface area contributed by atoms with Crippen LogP contribution in [0.1, 0.15) is 12.1 Å². The molecule has 3 rings (SSSR count). The maximum absolute atomic E-state index is 12.1. The lowest BCUT2D eigenvalue weighted by molar-refractivity contribution is -0.117. The fourth-order valence-electron chi connectivity index (χ4n) is 2.96. The van der Waals surface area contributed by atoms with E-state index in [1.165, 1.54) is 0 Å². The van der Waals surface area contributed by atoms with Crippen LogP contribution in [0, 0.1) is 12.8 Å². The number of hydrogen-bond acceptors (Lipinski definition) is 4. The summed E-state index contributed by atoms with van der Waals surface area (Å²) in [6, 6.07) is 5.67. The first kappa shape index (κ1) is 15.0. The van der Waals surface area contributed by atoms with E-state index in [9.17, 15) is 13.2 Å². The number of aromatic nitrogens is 2. The van der Waals surface area contributed by atoms with E-state index in [-0.39, 0.29) is 24.0 Å². The van der Waals surface area contributed by atoms with E-state index in [0.717, 1.165) is 22.3 Å². The molecule has 118 valence electrons. The van der Waals surface area contributed by atoms with E-state index in [2.05, 4.69) is 5.10 Å². The minimum absolute atomic E-state index is 0.0827. The van der Waals surface area contributed by atoms with Gasteiger partial charge < -0.3 is 4.90 Å². The van der Waals surface area contributed by atoms with Crippen molar-refractivity contribution in [2.45, 2.75) is 13.3 Å². The van der Waals surface area contributed by atoms with Crippen molar-refractivity contribution in [2.24, 2.45) is 18.1 Å². The molecule has 0 bridgehead atoms. The second kappa shape index (κ2) is 5.06. The molecule has 1 atom stereocenters. The maximum Gasteiger partial charge on any atom is 0.227 e. The summed E-state index contributed by atoms with van der Waals surface area (Å²) in [5.74, 6) is -0.510. The second-order valence-electron chi connectivity index (χ2n) is 5.81. The summed E-state index contributed by atoms with van der Waals surface area (Å²) in [7, 11) is -1.69. The highest BCUT2D eigenvalue weighted by Gasteiger charge is 2.33. The average molecular weight is 322 g/mol. The van der Waals surface area contributed by atoms with Crippen molar-refractivity contribution in [3.8, 4) is 0 Å². The molecular formula is C14H18N4O3S. The van der Waals surface area contributed by atoms with Crippen LogP contribution in [0.15, 0.2) is 18.2 Å². The topological polar surface area (TPSA) is 98.3 Å². The number of carbonyl (C=O) groups is 1. The lowest BCUT2D eigenvalue weighted by Gasteiger charge is -2.16. The molecule has 1 aliphatic heterocycles. The van der Waals surface area contributed by atoms with Crippen LogP contribution in [0.5, 0.6) is 0 Å². The zero-order valence-electron chi connectivity index (χ0n) is 12.5. The summed E-state index contributed by atoms with van der Waals surface area (Å²) in [6.07, 6.45) is 0.204. The summed E-state index contributed by atoms with van der Waals surface area (Å²) >= 11 is 0. The Morgan fingerprint density at radius 1 is 1.41 bits per heavy atom. The van der Waals surface area contributed by atoms with E-state index in [4.69, 9.17) is 5.14 Å². The fourth-order valence-corrected chi connectivity index (χ4v) is 3.84. The molecule has 1 saturated heterocycles. The van der Waals surface area contributed by atoms with Crippen molar-refractivity contribution < 1.29 is 13.2 Å². The molecule has 2 N–H and O–H groups in total. The molecule has 1 aromatic heterocycles. The summed E-state index contributed by atoms with van der Waals surface area (Å²) in [4.78, 5) is 13.8. The first-order valence-electron chi connectivity index (χ1n) is 6.99. The van der Waals surface area contributed by atoms with Crippen LogP contribution in [-0.2, 0) is 21.9 Å². The highest BCUT2D eigenvalue weighted by molar-refractivity contribution is 7.89. The molecule has 1 aromatic carbocycles. The van der Waals surface area contributed by atoms with Gasteiger partial charge in [-0.15, -0.1) is 0 Å². The highest BCUT2D eigenvalue weighted by Crippen LogP contribution is 2.29. The zero-order chi connectivity index (χ0) is 16.1. The lowest BCUT2D eigenvalue weighted by Crippen LogP contribution is -2.27. The minimum atomic E-state index is -3.57. The Labute approximate surface area is 128 Å². The number of nitrogens with zero attached hydrogens (tertiary/aromatic N) is 3. The Morgan fingerprint density at radius 2 is 2.14 bits per heavy atom. The largest absolute Gasteiger partial charge is 0.312 e. The number of aryl methyl sites for hydroxylation is 2. The molecule has 1 aliphatic rings. The standard InChI is InChI=1S/C14H18N4O3S/c1-9-12-4-3-11(6-13(12)16-17(9)2)18-7-10(5-14(18)19)8-22(15,20)21/h3-4,6,10H,5,7-8H2,1-2H3,(H2,15,20,21). The van der Waals surface area contributed by atoms with Gasteiger partial charge in [-0.05, 0) is 25.1 Å². The predicted molar refractivity (Wildman–Crippen MR) is 83.9 cm³/mol. The van der Waals surface area contributed by atoms with E-state index in [1.807, 2.05) is 32.2 Å². The van der Waals surface area contributed by atoms with Crippen LogP contribution in [0.2, 0.25) is 0 Å². The molecule has 1 fully saturated rings. The highest BCUT2D eigenvalue weighted by atomic mass is 32.2. The van der Waals surface area contributed by atoms with Crippen molar-refractivity contribution in [3.05, 3.63) is 23.9 Å². The van der Waals surface area contributed by atoms with Gasteiger partial charge in [-0.3, -0.25) is 9.48 Å². The molecule has 0 spiro atoms. The van der Waals surface area contributed by atoms with Crippen molar-refractivity contribution in [1.82, 2.24) is 9.78 Å². The van der Waals surface area contributed by atoms with Crippen molar-refractivity contribution in [3.63, 3.8) is 0 Å². The number of rotatable bonds is 3. The summed E-state index contributed by atoms with van der Waals surface area (Å²) in [5, 5.41) is 10.5.